The second-order valence-electron chi connectivity index (χ2n) is 3.54. The molecule has 2 rings (SSSR count). The largest absolute Gasteiger partial charge is 0.360 e. The van der Waals surface area contributed by atoms with Crippen molar-refractivity contribution in [3.63, 3.8) is 0 Å². The zero-order valence-electron chi connectivity index (χ0n) is 10.6. The van der Waals surface area contributed by atoms with Crippen LogP contribution in [-0.4, -0.2) is 10.9 Å². The van der Waals surface area contributed by atoms with Crippen LogP contribution in [0.15, 0.2) is 18.3 Å². The van der Waals surface area contributed by atoms with Gasteiger partial charge >= 0.3 is 0 Å². The van der Waals surface area contributed by atoms with E-state index >= 15 is 0 Å². The molecule has 0 saturated carbocycles. The Morgan fingerprint density at radius 2 is 2.11 bits per heavy atom. The highest BCUT2D eigenvalue weighted by Crippen LogP contribution is 2.25. The molecule has 0 fully saturated rings. The molecule has 0 bridgehead atoms. The number of H-pyrrole nitrogens is 1. The molecule has 0 radical (unpaired) electrons. The molecular weight excluding hydrogens is 255 g/mol. The summed E-state index contributed by atoms with van der Waals surface area (Å²) < 4.78 is 13.6. The molecule has 2 N–H and O–H groups in total. The molecule has 1 aromatic heterocycles. The lowest BCUT2D eigenvalue weighted by atomic mass is 10.1. The lowest BCUT2D eigenvalue weighted by Gasteiger charge is -2.04. The first-order valence-electron chi connectivity index (χ1n) is 5.77. The van der Waals surface area contributed by atoms with Gasteiger partial charge in [-0.05, 0) is 12.1 Å². The summed E-state index contributed by atoms with van der Waals surface area (Å²) in [5.41, 5.74) is 1.07. The van der Waals surface area contributed by atoms with Crippen LogP contribution in [0.3, 0.4) is 0 Å². The predicted molar refractivity (Wildman–Crippen MR) is 72.1 cm³/mol. The molecule has 1 amide bonds. The van der Waals surface area contributed by atoms with Crippen molar-refractivity contribution in [3.8, 4) is 0 Å². The van der Waals surface area contributed by atoms with Crippen LogP contribution in [0.5, 0.6) is 0 Å². The molecule has 0 unspecified atom stereocenters. The lowest BCUT2D eigenvalue weighted by Crippen LogP contribution is -2.19. The van der Waals surface area contributed by atoms with Gasteiger partial charge in [0.1, 0.15) is 5.82 Å². The third-order valence-corrected chi connectivity index (χ3v) is 2.64. The van der Waals surface area contributed by atoms with E-state index in [-0.39, 0.29) is 18.3 Å². The van der Waals surface area contributed by atoms with E-state index < -0.39 is 0 Å². The van der Waals surface area contributed by atoms with E-state index in [2.05, 4.69) is 10.3 Å². The van der Waals surface area contributed by atoms with Gasteiger partial charge in [0.05, 0.1) is 5.02 Å². The van der Waals surface area contributed by atoms with Crippen LogP contribution in [0.2, 0.25) is 5.02 Å². The van der Waals surface area contributed by atoms with Crippen molar-refractivity contribution in [2.75, 3.05) is 0 Å². The van der Waals surface area contributed by atoms with E-state index in [1.54, 1.807) is 12.3 Å². The van der Waals surface area contributed by atoms with Crippen LogP contribution in [0, 0.1) is 5.82 Å². The van der Waals surface area contributed by atoms with E-state index in [9.17, 15) is 9.18 Å². The number of aromatic amines is 1. The number of amides is 1. The Balaban J connectivity index is 0.000000771. The summed E-state index contributed by atoms with van der Waals surface area (Å²) in [6.07, 6.45) is 1.61. The summed E-state index contributed by atoms with van der Waals surface area (Å²) in [7, 11) is 0. The average molecular weight is 271 g/mol. The minimum Gasteiger partial charge on any atom is -0.360 e. The van der Waals surface area contributed by atoms with Crippen LogP contribution < -0.4 is 5.32 Å². The highest BCUT2D eigenvalue weighted by Gasteiger charge is 2.08. The van der Waals surface area contributed by atoms with Gasteiger partial charge in [-0.2, -0.15) is 0 Å². The average Bonchev–Trinajstić information content (AvgIpc) is 2.70. The normalized spacial score (nSPS) is 9.83. The molecular formula is C13H16ClFN2O. The van der Waals surface area contributed by atoms with Gasteiger partial charge < -0.3 is 10.3 Å². The molecule has 0 aliphatic heterocycles. The summed E-state index contributed by atoms with van der Waals surface area (Å²) in [6.45, 7) is 5.55. The first kappa shape index (κ1) is 14.5. The molecule has 5 heteroatoms. The maximum absolute atomic E-state index is 13.6. The van der Waals surface area contributed by atoms with Crippen LogP contribution in [0.4, 0.5) is 4.39 Å². The Morgan fingerprint density at radius 1 is 1.44 bits per heavy atom. The second kappa shape index (κ2) is 6.40. The van der Waals surface area contributed by atoms with E-state index in [1.807, 2.05) is 13.8 Å². The topological polar surface area (TPSA) is 44.9 Å². The standard InChI is InChI=1S/C11H10ClFN2O.C2H6/c1-6(16)14-4-7-2-8-9(12)5-15-11(8)3-10(7)13;1-2/h2-3,5,15H,4H2,1H3,(H,14,16);1-2H3. The molecule has 0 aliphatic rings. The molecule has 0 aliphatic carbocycles. The predicted octanol–water partition coefficient (Wildman–Crippen LogP) is 3.62. The van der Waals surface area contributed by atoms with E-state index in [1.165, 1.54) is 13.0 Å². The molecule has 0 atom stereocenters. The van der Waals surface area contributed by atoms with E-state index in [0.717, 1.165) is 5.39 Å². The molecule has 2 aromatic rings. The maximum Gasteiger partial charge on any atom is 0.217 e. The van der Waals surface area contributed by atoms with Gasteiger partial charge in [0, 0.05) is 36.1 Å². The zero-order chi connectivity index (χ0) is 13.7. The Labute approximate surface area is 110 Å². The number of hydrogen-bond acceptors (Lipinski definition) is 1. The van der Waals surface area contributed by atoms with Gasteiger partial charge in [-0.15, -0.1) is 0 Å². The second-order valence-corrected chi connectivity index (χ2v) is 3.94. The highest BCUT2D eigenvalue weighted by molar-refractivity contribution is 6.35. The van der Waals surface area contributed by atoms with Crippen LogP contribution in [0.1, 0.15) is 26.3 Å². The number of aromatic nitrogens is 1. The summed E-state index contributed by atoms with van der Waals surface area (Å²) in [4.78, 5) is 13.6. The molecule has 1 heterocycles. The van der Waals surface area contributed by atoms with Gasteiger partial charge in [-0.3, -0.25) is 4.79 Å². The Morgan fingerprint density at radius 3 is 2.72 bits per heavy atom. The van der Waals surface area contributed by atoms with E-state index in [0.29, 0.717) is 16.1 Å². The number of carbonyl (C=O) groups is 1. The van der Waals surface area contributed by atoms with Crippen LogP contribution in [0.25, 0.3) is 10.9 Å². The van der Waals surface area contributed by atoms with Crippen molar-refractivity contribution < 1.29 is 9.18 Å². The Bertz CT molecular complexity index is 551. The van der Waals surface area contributed by atoms with Crippen LogP contribution in [-0.2, 0) is 11.3 Å². The Kier molecular flexibility index (Phi) is 5.16. The summed E-state index contributed by atoms with van der Waals surface area (Å²) in [5.74, 6) is -0.556. The monoisotopic (exact) mass is 270 g/mol. The van der Waals surface area contributed by atoms with E-state index in [4.69, 9.17) is 11.6 Å². The SMILES string of the molecule is CC.CC(=O)NCc1cc2c(Cl)c[nH]c2cc1F. The molecule has 0 spiro atoms. The first-order valence-corrected chi connectivity index (χ1v) is 6.15. The van der Waals surface area contributed by atoms with Gasteiger partial charge in [0.15, 0.2) is 0 Å². The number of rotatable bonds is 2. The van der Waals surface area contributed by atoms with Crippen molar-refractivity contribution in [3.05, 3.63) is 34.7 Å². The fraction of sp³-hybridized carbons (Fsp3) is 0.308. The third kappa shape index (κ3) is 3.23. The summed E-state index contributed by atoms with van der Waals surface area (Å²) in [6, 6.07) is 3.01. The third-order valence-electron chi connectivity index (χ3n) is 2.33. The van der Waals surface area contributed by atoms with Crippen molar-refractivity contribution >= 4 is 28.4 Å². The van der Waals surface area contributed by atoms with Crippen molar-refractivity contribution in [2.24, 2.45) is 0 Å². The maximum atomic E-state index is 13.6. The Hall–Kier alpha value is -1.55. The number of hydrogen-bond donors (Lipinski definition) is 2. The zero-order valence-corrected chi connectivity index (χ0v) is 11.4. The lowest BCUT2D eigenvalue weighted by molar-refractivity contribution is -0.119. The smallest absolute Gasteiger partial charge is 0.217 e. The molecule has 0 saturated heterocycles. The van der Waals surface area contributed by atoms with Crippen molar-refractivity contribution in [2.45, 2.75) is 27.3 Å². The van der Waals surface area contributed by atoms with Crippen molar-refractivity contribution in [1.29, 1.82) is 0 Å². The summed E-state index contributed by atoms with van der Waals surface area (Å²) in [5, 5.41) is 3.84. The number of benzene rings is 1. The van der Waals surface area contributed by atoms with Gasteiger partial charge in [0.25, 0.3) is 0 Å². The molecule has 3 nitrogen and oxygen atoms in total. The van der Waals surface area contributed by atoms with Gasteiger partial charge in [0.2, 0.25) is 5.91 Å². The fourth-order valence-corrected chi connectivity index (χ4v) is 1.72. The first-order chi connectivity index (χ1) is 8.58. The fourth-order valence-electron chi connectivity index (χ4n) is 1.51. The van der Waals surface area contributed by atoms with Crippen molar-refractivity contribution in [1.82, 2.24) is 10.3 Å². The minimum absolute atomic E-state index is 0.165. The number of nitrogens with one attached hydrogen (secondary N) is 2. The minimum atomic E-state index is -0.361. The number of halogens is 2. The molecule has 98 valence electrons. The number of fused-ring (bicyclic) bond motifs is 1. The molecule has 18 heavy (non-hydrogen) atoms. The van der Waals surface area contributed by atoms with Gasteiger partial charge in [-0.1, -0.05) is 25.4 Å². The van der Waals surface area contributed by atoms with Crippen LogP contribution >= 0.6 is 11.6 Å². The molecule has 1 aromatic carbocycles. The highest BCUT2D eigenvalue weighted by atomic mass is 35.5. The quantitative estimate of drug-likeness (QED) is 0.860. The number of carbonyl (C=O) groups excluding carboxylic acids is 1. The van der Waals surface area contributed by atoms with Gasteiger partial charge in [-0.25, -0.2) is 4.39 Å². The summed E-state index contributed by atoms with van der Waals surface area (Å²) >= 11 is 5.92.